The van der Waals surface area contributed by atoms with E-state index >= 15 is 0 Å². The molecule has 5 nitrogen and oxygen atoms in total. The van der Waals surface area contributed by atoms with E-state index in [1.165, 1.54) is 0 Å². The van der Waals surface area contributed by atoms with E-state index in [-0.39, 0.29) is 24.7 Å². The van der Waals surface area contributed by atoms with Gasteiger partial charge in [-0.2, -0.15) is 0 Å². The highest BCUT2D eigenvalue weighted by Gasteiger charge is 2.66. The van der Waals surface area contributed by atoms with Crippen LogP contribution in [0.5, 0.6) is 5.75 Å². The van der Waals surface area contributed by atoms with Crippen molar-refractivity contribution >= 4 is 11.9 Å². The summed E-state index contributed by atoms with van der Waals surface area (Å²) in [4.78, 5) is 25.2. The Balaban J connectivity index is 1.85. The quantitative estimate of drug-likeness (QED) is 0.672. The Morgan fingerprint density at radius 3 is 3.04 bits per heavy atom. The lowest BCUT2D eigenvalue weighted by Crippen LogP contribution is -2.53. The molecule has 1 N–H and O–H groups in total. The number of nitrogens with one attached hydrogen (secondary N) is 1. The molecule has 4 atom stereocenters. The van der Waals surface area contributed by atoms with Gasteiger partial charge in [0.25, 0.3) is 0 Å². The van der Waals surface area contributed by atoms with Gasteiger partial charge in [0.15, 0.2) is 0 Å². The number of para-hydroxylation sites is 1. The van der Waals surface area contributed by atoms with Crippen molar-refractivity contribution in [3.63, 3.8) is 0 Å². The fraction of sp³-hybridized carbons (Fsp3) is 0.556. The number of rotatable bonds is 2. The van der Waals surface area contributed by atoms with Crippen LogP contribution in [0.15, 0.2) is 24.3 Å². The molecule has 122 valence electrons. The Morgan fingerprint density at radius 2 is 2.22 bits per heavy atom. The maximum atomic E-state index is 12.6. The van der Waals surface area contributed by atoms with E-state index in [1.54, 1.807) is 6.92 Å². The normalized spacial score (nSPS) is 34.5. The van der Waals surface area contributed by atoms with Gasteiger partial charge in [0.05, 0.1) is 18.1 Å². The zero-order valence-corrected chi connectivity index (χ0v) is 13.2. The molecule has 1 spiro atoms. The third-order valence-corrected chi connectivity index (χ3v) is 5.57. The van der Waals surface area contributed by atoms with Gasteiger partial charge in [-0.25, -0.2) is 0 Å². The van der Waals surface area contributed by atoms with E-state index in [4.69, 9.17) is 9.47 Å². The van der Waals surface area contributed by atoms with Crippen molar-refractivity contribution in [2.24, 2.45) is 11.3 Å². The summed E-state index contributed by atoms with van der Waals surface area (Å²) in [5.41, 5.74) is 0.460. The van der Waals surface area contributed by atoms with Crippen molar-refractivity contribution < 1.29 is 19.1 Å². The van der Waals surface area contributed by atoms with Gasteiger partial charge in [-0.1, -0.05) is 24.6 Å². The molecule has 0 radical (unpaired) electrons. The summed E-state index contributed by atoms with van der Waals surface area (Å²) in [5, 5.41) is 3.07. The summed E-state index contributed by atoms with van der Waals surface area (Å²) >= 11 is 0. The van der Waals surface area contributed by atoms with Crippen LogP contribution in [0, 0.1) is 11.3 Å². The van der Waals surface area contributed by atoms with Crippen LogP contribution in [-0.4, -0.2) is 24.6 Å². The predicted octanol–water partition coefficient (Wildman–Crippen LogP) is 2.36. The minimum atomic E-state index is -0.772. The lowest BCUT2D eigenvalue weighted by Gasteiger charge is -2.49. The first kappa shape index (κ1) is 14.5. The van der Waals surface area contributed by atoms with Crippen LogP contribution in [0.2, 0.25) is 0 Å². The number of fused-ring (bicyclic) bond motifs is 2. The largest absolute Gasteiger partial charge is 0.489 e. The van der Waals surface area contributed by atoms with Crippen molar-refractivity contribution in [1.82, 2.24) is 5.32 Å². The van der Waals surface area contributed by atoms with Gasteiger partial charge < -0.3 is 14.8 Å². The van der Waals surface area contributed by atoms with Crippen LogP contribution in [0.1, 0.15) is 44.2 Å². The van der Waals surface area contributed by atoms with E-state index in [9.17, 15) is 9.59 Å². The number of ether oxygens (including phenoxy) is 2. The fourth-order valence-electron chi connectivity index (χ4n) is 4.69. The second-order valence-corrected chi connectivity index (χ2v) is 6.63. The van der Waals surface area contributed by atoms with Crippen LogP contribution in [0.25, 0.3) is 0 Å². The highest BCUT2D eigenvalue weighted by molar-refractivity contribution is 6.01. The number of amides is 1. The van der Waals surface area contributed by atoms with Gasteiger partial charge in [-0.3, -0.25) is 9.59 Å². The van der Waals surface area contributed by atoms with E-state index in [1.807, 2.05) is 24.3 Å². The molecule has 0 aromatic heterocycles. The van der Waals surface area contributed by atoms with Crippen LogP contribution in [0.3, 0.4) is 0 Å². The average molecular weight is 315 g/mol. The number of hydrogen-bond acceptors (Lipinski definition) is 4. The zero-order chi connectivity index (χ0) is 16.0. The third-order valence-electron chi connectivity index (χ3n) is 5.57. The monoisotopic (exact) mass is 315 g/mol. The molecule has 4 rings (SSSR count). The molecule has 0 unspecified atom stereocenters. The Bertz CT molecular complexity index is 658. The van der Waals surface area contributed by atoms with Crippen molar-refractivity contribution in [3.8, 4) is 5.75 Å². The molecule has 0 bridgehead atoms. The van der Waals surface area contributed by atoms with Crippen molar-refractivity contribution in [1.29, 1.82) is 0 Å². The summed E-state index contributed by atoms with van der Waals surface area (Å²) in [6.45, 7) is 2.05. The van der Waals surface area contributed by atoms with Crippen molar-refractivity contribution in [2.75, 3.05) is 6.61 Å². The maximum absolute atomic E-state index is 12.6. The smallest absolute Gasteiger partial charge is 0.319 e. The molecule has 2 aliphatic heterocycles. The number of carbonyl (C=O) groups is 2. The second-order valence-electron chi connectivity index (χ2n) is 6.63. The highest BCUT2D eigenvalue weighted by atomic mass is 16.5. The van der Waals surface area contributed by atoms with Gasteiger partial charge in [0.1, 0.15) is 17.8 Å². The summed E-state index contributed by atoms with van der Waals surface area (Å²) in [6, 6.07) is 7.65. The highest BCUT2D eigenvalue weighted by Crippen LogP contribution is 2.60. The van der Waals surface area contributed by atoms with Gasteiger partial charge in [0.2, 0.25) is 5.91 Å². The Hall–Kier alpha value is -2.04. The summed E-state index contributed by atoms with van der Waals surface area (Å²) < 4.78 is 11.5. The predicted molar refractivity (Wildman–Crippen MR) is 82.8 cm³/mol. The fourth-order valence-corrected chi connectivity index (χ4v) is 4.69. The summed E-state index contributed by atoms with van der Waals surface area (Å²) in [7, 11) is 0. The van der Waals surface area contributed by atoms with E-state index in [2.05, 4.69) is 5.32 Å². The summed E-state index contributed by atoms with van der Waals surface area (Å²) in [5.74, 6) is -0.584. The molecule has 1 saturated carbocycles. The lowest BCUT2D eigenvalue weighted by atomic mass is 9.59. The minimum absolute atomic E-state index is 0.121. The zero-order valence-electron chi connectivity index (χ0n) is 13.2. The van der Waals surface area contributed by atoms with Gasteiger partial charge in [-0.05, 0) is 32.3 Å². The standard InChI is InChI=1S/C18H21NO4/c1-2-22-17(21)14-16(20)19-15-11-7-3-4-8-12(11)23-13-9-5-6-10-18(13,14)15/h3-4,7-8,13-15H,2,5-6,9-10H2,1H3,(H,19,20)/t13-,14-,15+,18+/m1/s1. The molecule has 3 aliphatic rings. The number of benzene rings is 1. The van der Waals surface area contributed by atoms with Crippen LogP contribution in [-0.2, 0) is 14.3 Å². The van der Waals surface area contributed by atoms with Crippen molar-refractivity contribution in [3.05, 3.63) is 29.8 Å². The van der Waals surface area contributed by atoms with Gasteiger partial charge >= 0.3 is 5.97 Å². The second kappa shape index (κ2) is 5.25. The molecule has 1 aliphatic carbocycles. The summed E-state index contributed by atoms with van der Waals surface area (Å²) in [6.07, 6.45) is 3.62. The molecular weight excluding hydrogens is 294 g/mol. The Kier molecular flexibility index (Phi) is 3.32. The first-order valence-corrected chi connectivity index (χ1v) is 8.41. The van der Waals surface area contributed by atoms with E-state index in [0.717, 1.165) is 37.0 Å². The third kappa shape index (κ3) is 1.92. The van der Waals surface area contributed by atoms with Crippen LogP contribution >= 0.6 is 0 Å². The average Bonchev–Trinajstić information content (AvgIpc) is 2.85. The topological polar surface area (TPSA) is 64.6 Å². The lowest BCUT2D eigenvalue weighted by molar-refractivity contribution is -0.161. The van der Waals surface area contributed by atoms with Crippen LogP contribution < -0.4 is 10.1 Å². The molecule has 1 amide bonds. The Morgan fingerprint density at radius 1 is 1.39 bits per heavy atom. The molecule has 1 aromatic carbocycles. The maximum Gasteiger partial charge on any atom is 0.319 e. The molecule has 1 aromatic rings. The first-order chi connectivity index (χ1) is 11.2. The van der Waals surface area contributed by atoms with Crippen LogP contribution in [0.4, 0.5) is 0 Å². The molecule has 5 heteroatoms. The molecule has 23 heavy (non-hydrogen) atoms. The molecule has 2 heterocycles. The van der Waals surface area contributed by atoms with Gasteiger partial charge in [0, 0.05) is 5.56 Å². The Labute approximate surface area is 135 Å². The first-order valence-electron chi connectivity index (χ1n) is 8.41. The van der Waals surface area contributed by atoms with Gasteiger partial charge in [-0.15, -0.1) is 0 Å². The molecular formula is C18H21NO4. The number of esters is 1. The number of hydrogen-bond donors (Lipinski definition) is 1. The molecule has 2 fully saturated rings. The minimum Gasteiger partial charge on any atom is -0.489 e. The van der Waals surface area contributed by atoms with E-state index in [0.29, 0.717) is 0 Å². The molecule has 1 saturated heterocycles. The SMILES string of the molecule is CCOC(=O)[C@H]1C(=O)N[C@H]2c3ccccc3O[C@@H]3CCCC[C@@]132. The van der Waals surface area contributed by atoms with Crippen molar-refractivity contribution in [2.45, 2.75) is 44.8 Å². The van der Waals surface area contributed by atoms with E-state index < -0.39 is 17.3 Å². The number of carbonyl (C=O) groups excluding carboxylic acids is 2.